The standard InChI is InChI=1S/C11H13N5OS/c17-9-6-12-7-10(9)18-11-13-14-15-16(11)8-4-2-1-3-5-8/h1-5,9-10,12,17H,6-7H2. The summed E-state index contributed by atoms with van der Waals surface area (Å²) in [5, 5.41) is 25.4. The maximum atomic E-state index is 9.79. The first-order valence-corrected chi connectivity index (χ1v) is 6.62. The number of nitrogens with zero attached hydrogens (tertiary/aromatic N) is 4. The molecule has 2 aromatic rings. The van der Waals surface area contributed by atoms with Gasteiger partial charge in [0.15, 0.2) is 0 Å². The van der Waals surface area contributed by atoms with E-state index in [0.717, 1.165) is 12.2 Å². The molecule has 2 N–H and O–H groups in total. The van der Waals surface area contributed by atoms with Crippen molar-refractivity contribution in [3.05, 3.63) is 30.3 Å². The minimum Gasteiger partial charge on any atom is -0.391 e. The molecule has 6 nitrogen and oxygen atoms in total. The van der Waals surface area contributed by atoms with Crippen molar-refractivity contribution in [2.75, 3.05) is 13.1 Å². The van der Waals surface area contributed by atoms with E-state index in [1.54, 1.807) is 4.68 Å². The van der Waals surface area contributed by atoms with Gasteiger partial charge in [-0.1, -0.05) is 30.0 Å². The summed E-state index contributed by atoms with van der Waals surface area (Å²) in [4.78, 5) is 0. The molecule has 0 amide bonds. The molecule has 2 atom stereocenters. The Morgan fingerprint density at radius 2 is 2.11 bits per heavy atom. The van der Waals surface area contributed by atoms with Gasteiger partial charge in [0.25, 0.3) is 0 Å². The van der Waals surface area contributed by atoms with Crippen molar-refractivity contribution in [2.24, 2.45) is 0 Å². The van der Waals surface area contributed by atoms with Crippen LogP contribution in [0.15, 0.2) is 35.5 Å². The molecule has 0 bridgehead atoms. The summed E-state index contributed by atoms with van der Waals surface area (Å²) in [6, 6.07) is 9.73. The quantitative estimate of drug-likeness (QED) is 0.817. The maximum absolute atomic E-state index is 9.79. The molecule has 1 aromatic carbocycles. The Hall–Kier alpha value is -1.44. The number of hydrogen-bond donors (Lipinski definition) is 2. The molecule has 0 saturated carbocycles. The lowest BCUT2D eigenvalue weighted by Gasteiger charge is -2.11. The number of tetrazole rings is 1. The zero-order valence-electron chi connectivity index (χ0n) is 9.60. The Kier molecular flexibility index (Phi) is 3.26. The Labute approximate surface area is 108 Å². The predicted molar refractivity (Wildman–Crippen MR) is 67.7 cm³/mol. The van der Waals surface area contributed by atoms with Gasteiger partial charge in [0, 0.05) is 13.1 Å². The summed E-state index contributed by atoms with van der Waals surface area (Å²) in [6.07, 6.45) is -0.351. The lowest BCUT2D eigenvalue weighted by Crippen LogP contribution is -2.20. The number of thioether (sulfide) groups is 1. The van der Waals surface area contributed by atoms with Crippen LogP contribution in [0.3, 0.4) is 0 Å². The van der Waals surface area contributed by atoms with Crippen LogP contribution in [0.2, 0.25) is 0 Å². The van der Waals surface area contributed by atoms with E-state index in [1.165, 1.54) is 11.8 Å². The van der Waals surface area contributed by atoms with Crippen molar-refractivity contribution < 1.29 is 5.11 Å². The Bertz CT molecular complexity index is 517. The second-order valence-electron chi connectivity index (χ2n) is 4.09. The number of β-amino-alcohol motifs (C(OH)–C–C–N with tert-alkyl or cyclic N) is 1. The van der Waals surface area contributed by atoms with Crippen LogP contribution in [0.1, 0.15) is 0 Å². The van der Waals surface area contributed by atoms with Crippen molar-refractivity contribution in [3.63, 3.8) is 0 Å². The highest BCUT2D eigenvalue weighted by Crippen LogP contribution is 2.26. The molecule has 2 unspecified atom stereocenters. The largest absolute Gasteiger partial charge is 0.391 e. The molecule has 1 saturated heterocycles. The first kappa shape index (κ1) is 11.6. The van der Waals surface area contributed by atoms with Crippen LogP contribution in [0.25, 0.3) is 5.69 Å². The molecule has 0 radical (unpaired) electrons. The van der Waals surface area contributed by atoms with Gasteiger partial charge >= 0.3 is 0 Å². The van der Waals surface area contributed by atoms with Crippen LogP contribution in [-0.4, -0.2) is 49.8 Å². The number of aliphatic hydroxyl groups is 1. The molecule has 0 aliphatic carbocycles. The van der Waals surface area contributed by atoms with Crippen LogP contribution in [0.4, 0.5) is 0 Å². The highest BCUT2D eigenvalue weighted by atomic mass is 32.2. The predicted octanol–water partition coefficient (Wildman–Crippen LogP) is 0.0871. The van der Waals surface area contributed by atoms with Crippen molar-refractivity contribution >= 4 is 11.8 Å². The molecule has 1 aliphatic rings. The first-order valence-electron chi connectivity index (χ1n) is 5.74. The molecule has 3 rings (SSSR count). The van der Waals surface area contributed by atoms with Gasteiger partial charge in [0.05, 0.1) is 17.0 Å². The Balaban J connectivity index is 1.84. The molecule has 18 heavy (non-hydrogen) atoms. The fourth-order valence-corrected chi connectivity index (χ4v) is 2.93. The minimum atomic E-state index is -0.351. The van der Waals surface area contributed by atoms with E-state index in [1.807, 2.05) is 30.3 Å². The van der Waals surface area contributed by atoms with Gasteiger partial charge in [-0.05, 0) is 22.6 Å². The topological polar surface area (TPSA) is 75.9 Å². The van der Waals surface area contributed by atoms with Gasteiger partial charge in [-0.3, -0.25) is 0 Å². The van der Waals surface area contributed by atoms with Crippen LogP contribution in [0, 0.1) is 0 Å². The van der Waals surface area contributed by atoms with Crippen molar-refractivity contribution in [1.29, 1.82) is 0 Å². The summed E-state index contributed by atoms with van der Waals surface area (Å²) in [7, 11) is 0. The fraction of sp³-hybridized carbons (Fsp3) is 0.364. The molecule has 1 aromatic heterocycles. The summed E-state index contributed by atoms with van der Waals surface area (Å²) in [5.74, 6) is 0. The van der Waals surface area contributed by atoms with Crippen LogP contribution in [0.5, 0.6) is 0 Å². The van der Waals surface area contributed by atoms with E-state index in [0.29, 0.717) is 11.7 Å². The first-order chi connectivity index (χ1) is 8.84. The number of aromatic nitrogens is 4. The minimum absolute atomic E-state index is 0.0958. The van der Waals surface area contributed by atoms with E-state index >= 15 is 0 Å². The third-order valence-electron chi connectivity index (χ3n) is 2.83. The summed E-state index contributed by atoms with van der Waals surface area (Å²) in [5.41, 5.74) is 0.922. The Morgan fingerprint density at radius 3 is 2.83 bits per heavy atom. The van der Waals surface area contributed by atoms with Gasteiger partial charge < -0.3 is 10.4 Å². The average molecular weight is 263 g/mol. The monoisotopic (exact) mass is 263 g/mol. The fourth-order valence-electron chi connectivity index (χ4n) is 1.88. The average Bonchev–Trinajstić information content (AvgIpc) is 3.01. The molecule has 1 aliphatic heterocycles. The molecule has 7 heteroatoms. The van der Waals surface area contributed by atoms with Gasteiger partial charge in [0.2, 0.25) is 5.16 Å². The second-order valence-corrected chi connectivity index (χ2v) is 5.30. The van der Waals surface area contributed by atoms with Crippen LogP contribution >= 0.6 is 11.8 Å². The number of aliphatic hydroxyl groups excluding tert-OH is 1. The lowest BCUT2D eigenvalue weighted by atomic mass is 10.3. The third kappa shape index (κ3) is 2.24. The molecular weight excluding hydrogens is 250 g/mol. The highest BCUT2D eigenvalue weighted by Gasteiger charge is 2.28. The number of rotatable bonds is 3. The number of para-hydroxylation sites is 1. The van der Waals surface area contributed by atoms with Gasteiger partial charge in [-0.2, -0.15) is 4.68 Å². The zero-order chi connectivity index (χ0) is 12.4. The summed E-state index contributed by atoms with van der Waals surface area (Å²) in [6.45, 7) is 1.40. The van der Waals surface area contributed by atoms with E-state index < -0.39 is 0 Å². The van der Waals surface area contributed by atoms with Crippen molar-refractivity contribution in [2.45, 2.75) is 16.5 Å². The SMILES string of the molecule is OC1CNCC1Sc1nnnn1-c1ccccc1. The van der Waals surface area contributed by atoms with Gasteiger partial charge in [-0.25, -0.2) is 0 Å². The van der Waals surface area contributed by atoms with E-state index in [9.17, 15) is 5.11 Å². The van der Waals surface area contributed by atoms with Gasteiger partial charge in [0.1, 0.15) is 0 Å². The second kappa shape index (κ2) is 5.05. The van der Waals surface area contributed by atoms with Crippen molar-refractivity contribution in [1.82, 2.24) is 25.5 Å². The van der Waals surface area contributed by atoms with Crippen molar-refractivity contribution in [3.8, 4) is 5.69 Å². The molecule has 94 valence electrons. The zero-order valence-corrected chi connectivity index (χ0v) is 10.4. The third-order valence-corrected chi connectivity index (χ3v) is 4.08. The summed E-state index contributed by atoms with van der Waals surface area (Å²) < 4.78 is 1.69. The van der Waals surface area contributed by atoms with Crippen LogP contribution < -0.4 is 5.32 Å². The molecule has 1 fully saturated rings. The summed E-state index contributed by atoms with van der Waals surface area (Å²) >= 11 is 1.50. The number of hydrogen-bond acceptors (Lipinski definition) is 6. The van der Waals surface area contributed by atoms with E-state index in [2.05, 4.69) is 20.8 Å². The van der Waals surface area contributed by atoms with Crippen LogP contribution in [-0.2, 0) is 0 Å². The van der Waals surface area contributed by atoms with Gasteiger partial charge in [-0.15, -0.1) is 5.10 Å². The lowest BCUT2D eigenvalue weighted by molar-refractivity contribution is 0.201. The maximum Gasteiger partial charge on any atom is 0.214 e. The number of nitrogens with one attached hydrogen (secondary N) is 1. The van der Waals surface area contributed by atoms with E-state index in [4.69, 9.17) is 0 Å². The normalized spacial score (nSPS) is 23.4. The molecule has 2 heterocycles. The molecular formula is C11H13N5OS. The Morgan fingerprint density at radius 1 is 1.28 bits per heavy atom. The number of benzene rings is 1. The smallest absolute Gasteiger partial charge is 0.214 e. The van der Waals surface area contributed by atoms with E-state index in [-0.39, 0.29) is 11.4 Å². The highest BCUT2D eigenvalue weighted by molar-refractivity contribution is 7.99. The molecule has 0 spiro atoms.